The lowest BCUT2D eigenvalue weighted by atomic mass is 10.0. The highest BCUT2D eigenvalue weighted by molar-refractivity contribution is 6.09. The van der Waals surface area contributed by atoms with E-state index in [0.29, 0.717) is 36.0 Å². The topological polar surface area (TPSA) is 114 Å². The first-order chi connectivity index (χ1) is 19.8. The number of nitrogens with one attached hydrogen (secondary N) is 1. The second-order valence-corrected chi connectivity index (χ2v) is 10.6. The Morgan fingerprint density at radius 1 is 1.10 bits per heavy atom. The van der Waals surface area contributed by atoms with E-state index in [4.69, 9.17) is 4.74 Å². The second-order valence-electron chi connectivity index (χ2n) is 10.6. The van der Waals surface area contributed by atoms with Crippen molar-refractivity contribution in [1.82, 2.24) is 34.8 Å². The number of ether oxygens (including phenoxy) is 1. The van der Waals surface area contributed by atoms with E-state index in [-0.39, 0.29) is 11.8 Å². The van der Waals surface area contributed by atoms with Gasteiger partial charge in [0, 0.05) is 48.8 Å². The molecule has 0 spiro atoms. The molecule has 1 saturated heterocycles. The second kappa shape index (κ2) is 10.6. The Hall–Kier alpha value is -4.90. The van der Waals surface area contributed by atoms with Gasteiger partial charge < -0.3 is 15.0 Å². The third kappa shape index (κ3) is 5.19. The van der Waals surface area contributed by atoms with E-state index in [1.54, 1.807) is 15.8 Å². The van der Waals surface area contributed by atoms with Crippen LogP contribution >= 0.6 is 0 Å². The van der Waals surface area contributed by atoms with E-state index in [0.717, 1.165) is 39.0 Å². The maximum absolute atomic E-state index is 13.2. The maximum Gasteiger partial charge on any atom is 0.255 e. The first kappa shape index (κ1) is 26.3. The van der Waals surface area contributed by atoms with Gasteiger partial charge in [-0.25, -0.2) is 19.6 Å². The number of carbonyl (C=O) groups excluding carboxylic acids is 1. The Morgan fingerprint density at radius 3 is 2.76 bits per heavy atom. The maximum atomic E-state index is 13.2. The molecule has 6 rings (SSSR count). The summed E-state index contributed by atoms with van der Waals surface area (Å²) in [6, 6.07) is 13.5. The van der Waals surface area contributed by atoms with Crippen molar-refractivity contribution in [3.63, 3.8) is 0 Å². The number of aryl methyl sites for hydroxylation is 2. The Bertz CT molecular complexity index is 1810. The number of hydrogen-bond donors (Lipinski definition) is 1. The van der Waals surface area contributed by atoms with Crippen molar-refractivity contribution in [3.05, 3.63) is 72.2 Å². The van der Waals surface area contributed by atoms with Crippen molar-refractivity contribution in [3.8, 4) is 11.5 Å². The number of amides is 1. The minimum absolute atomic E-state index is 0.0118. The highest BCUT2D eigenvalue weighted by Crippen LogP contribution is 2.33. The molecule has 1 aliphatic rings. The Morgan fingerprint density at radius 2 is 1.95 bits per heavy atom. The van der Waals surface area contributed by atoms with Crippen molar-refractivity contribution in [2.45, 2.75) is 13.8 Å². The number of pyridine rings is 1. The number of benzene rings is 2. The molecule has 0 unspecified atom stereocenters. The molecule has 0 saturated carbocycles. The summed E-state index contributed by atoms with van der Waals surface area (Å²) < 4.78 is 7.88. The zero-order valence-corrected chi connectivity index (χ0v) is 23.7. The quantitative estimate of drug-likeness (QED) is 0.290. The first-order valence-electron chi connectivity index (χ1n) is 13.4. The molecule has 11 heteroatoms. The van der Waals surface area contributed by atoms with E-state index in [1.165, 1.54) is 6.33 Å². The Kier molecular flexibility index (Phi) is 6.80. The average Bonchev–Trinajstić information content (AvgIpc) is 3.46. The fourth-order valence-electron chi connectivity index (χ4n) is 4.97. The Labute approximate surface area is 237 Å². The van der Waals surface area contributed by atoms with Gasteiger partial charge in [-0.3, -0.25) is 9.69 Å². The zero-order valence-electron chi connectivity index (χ0n) is 23.7. The number of carbonyl (C=O) groups is 1. The summed E-state index contributed by atoms with van der Waals surface area (Å²) in [6.07, 6.45) is 5.20. The molecule has 0 radical (unpaired) electrons. The molecule has 11 nitrogen and oxygen atoms in total. The number of likely N-dealkylation sites (N-methyl/N-ethyl adjacent to an activating group) is 1. The monoisotopic (exact) mass is 549 g/mol. The lowest BCUT2D eigenvalue weighted by molar-refractivity contribution is -0.114. The van der Waals surface area contributed by atoms with Crippen LogP contribution in [-0.2, 0) is 11.8 Å². The summed E-state index contributed by atoms with van der Waals surface area (Å²) in [6.45, 7) is 5.35. The fourth-order valence-corrected chi connectivity index (χ4v) is 4.97. The summed E-state index contributed by atoms with van der Waals surface area (Å²) in [5.41, 5.74) is 5.01. The number of nitrogens with zero attached hydrogens (tertiary/aromatic N) is 8. The van der Waals surface area contributed by atoms with Gasteiger partial charge in [0.25, 0.3) is 5.91 Å². The average molecular weight is 550 g/mol. The third-order valence-electron chi connectivity index (χ3n) is 7.19. The predicted molar refractivity (Wildman–Crippen MR) is 159 cm³/mol. The molecule has 1 amide bonds. The van der Waals surface area contributed by atoms with Crippen LogP contribution < -0.4 is 15.0 Å². The zero-order chi connectivity index (χ0) is 28.7. The third-order valence-corrected chi connectivity index (χ3v) is 7.19. The van der Waals surface area contributed by atoms with Gasteiger partial charge in [0.05, 0.1) is 17.2 Å². The molecule has 208 valence electrons. The van der Waals surface area contributed by atoms with Gasteiger partial charge in [-0.15, -0.1) is 5.10 Å². The predicted octanol–water partition coefficient (Wildman–Crippen LogP) is 4.62. The molecule has 3 aromatic heterocycles. The number of rotatable bonds is 7. The number of fused-ring (bicyclic) bond motifs is 2. The smallest absolute Gasteiger partial charge is 0.255 e. The van der Waals surface area contributed by atoms with Gasteiger partial charge in [-0.2, -0.15) is 0 Å². The molecule has 41 heavy (non-hydrogen) atoms. The SMILES string of the molecule is Cc1cc(Nc2ncnc3cnc(N4C[C@@H](C)/C(=C\CN(C)C)C4=O)cc23)ccc1Oc1ccc2c(c1)nnn2C. The van der Waals surface area contributed by atoms with Crippen molar-refractivity contribution >= 4 is 45.2 Å². The summed E-state index contributed by atoms with van der Waals surface area (Å²) in [5.74, 6) is 2.74. The van der Waals surface area contributed by atoms with Crippen LogP contribution in [0, 0.1) is 12.8 Å². The van der Waals surface area contributed by atoms with E-state index in [1.807, 2.05) is 81.5 Å². The van der Waals surface area contributed by atoms with Crippen molar-refractivity contribution in [2.24, 2.45) is 13.0 Å². The van der Waals surface area contributed by atoms with E-state index in [2.05, 4.69) is 37.5 Å². The highest BCUT2D eigenvalue weighted by Gasteiger charge is 2.34. The first-order valence-corrected chi connectivity index (χ1v) is 13.4. The standard InChI is InChI=1S/C30H31N9O2/c1-18-12-20(6-9-27(18)41-21-7-8-26-24(13-21)35-36-38(26)5)34-29-23-14-28(31-15-25(23)32-17-33-29)39-16-19(2)22(30(39)40)10-11-37(3)4/h6-10,12-15,17,19H,11,16H2,1-5H3,(H,32,33,34)/b22-10+/t19-/m1/s1. The largest absolute Gasteiger partial charge is 0.457 e. The van der Waals surface area contributed by atoms with Crippen LogP contribution in [0.5, 0.6) is 11.5 Å². The van der Waals surface area contributed by atoms with Crippen molar-refractivity contribution in [1.29, 1.82) is 0 Å². The summed E-state index contributed by atoms with van der Waals surface area (Å²) >= 11 is 0. The molecule has 1 N–H and O–H groups in total. The van der Waals surface area contributed by atoms with E-state index >= 15 is 0 Å². The van der Waals surface area contributed by atoms with Crippen LogP contribution in [0.4, 0.5) is 17.3 Å². The lowest BCUT2D eigenvalue weighted by Crippen LogP contribution is -2.26. The number of aromatic nitrogens is 6. The Balaban J connectivity index is 1.24. The molecular weight excluding hydrogens is 518 g/mol. The summed E-state index contributed by atoms with van der Waals surface area (Å²) in [4.78, 5) is 30.5. The van der Waals surface area contributed by atoms with E-state index < -0.39 is 0 Å². The lowest BCUT2D eigenvalue weighted by Gasteiger charge is -2.16. The van der Waals surface area contributed by atoms with Crippen LogP contribution in [0.3, 0.4) is 0 Å². The molecule has 1 atom stereocenters. The van der Waals surface area contributed by atoms with Crippen molar-refractivity contribution < 1.29 is 9.53 Å². The fraction of sp³-hybridized carbons (Fsp3) is 0.267. The van der Waals surface area contributed by atoms with Crippen LogP contribution in [-0.4, -0.2) is 67.9 Å². The van der Waals surface area contributed by atoms with Crippen LogP contribution in [0.25, 0.3) is 21.9 Å². The molecule has 1 aliphatic heterocycles. The van der Waals surface area contributed by atoms with Gasteiger partial charge in [0.15, 0.2) is 0 Å². The number of anilines is 3. The van der Waals surface area contributed by atoms with E-state index in [9.17, 15) is 4.79 Å². The van der Waals surface area contributed by atoms with Gasteiger partial charge >= 0.3 is 0 Å². The molecule has 1 fully saturated rings. The normalized spacial score (nSPS) is 16.4. The highest BCUT2D eigenvalue weighted by atomic mass is 16.5. The number of hydrogen-bond acceptors (Lipinski definition) is 9. The summed E-state index contributed by atoms with van der Waals surface area (Å²) in [7, 11) is 5.83. The minimum atomic E-state index is -0.0118. The summed E-state index contributed by atoms with van der Waals surface area (Å²) in [5, 5.41) is 12.4. The van der Waals surface area contributed by atoms with Gasteiger partial charge in [-0.1, -0.05) is 18.2 Å². The van der Waals surface area contributed by atoms with Gasteiger partial charge in [0.1, 0.15) is 35.0 Å². The van der Waals surface area contributed by atoms with Gasteiger partial charge in [-0.05, 0) is 63.0 Å². The molecule has 2 aromatic carbocycles. The molecule has 0 aliphatic carbocycles. The molecular formula is C30H31N9O2. The van der Waals surface area contributed by atoms with Crippen LogP contribution in [0.1, 0.15) is 12.5 Å². The van der Waals surface area contributed by atoms with Crippen LogP contribution in [0.15, 0.2) is 66.6 Å². The molecule has 5 aromatic rings. The van der Waals surface area contributed by atoms with Crippen molar-refractivity contribution in [2.75, 3.05) is 37.4 Å². The van der Waals surface area contributed by atoms with Gasteiger partial charge in [0.2, 0.25) is 0 Å². The minimum Gasteiger partial charge on any atom is -0.457 e. The van der Waals surface area contributed by atoms with Crippen LogP contribution in [0.2, 0.25) is 0 Å². The molecule has 0 bridgehead atoms. The molecule has 4 heterocycles.